The lowest BCUT2D eigenvalue weighted by Crippen LogP contribution is -2.50. The molecule has 1 unspecified atom stereocenters. The van der Waals surface area contributed by atoms with Crippen LogP contribution in [-0.4, -0.2) is 41.4 Å². The number of rotatable bonds is 3. The van der Waals surface area contributed by atoms with Crippen molar-refractivity contribution < 1.29 is 14.3 Å². The van der Waals surface area contributed by atoms with Crippen molar-refractivity contribution in [2.24, 2.45) is 0 Å². The molecule has 0 bridgehead atoms. The summed E-state index contributed by atoms with van der Waals surface area (Å²) in [5.41, 5.74) is 2.68. The predicted octanol–water partition coefficient (Wildman–Crippen LogP) is 3.22. The first kappa shape index (κ1) is 19.2. The molecule has 3 aromatic rings. The van der Waals surface area contributed by atoms with Crippen LogP contribution >= 0.6 is 15.9 Å². The third kappa shape index (κ3) is 4.17. The first-order valence-electron chi connectivity index (χ1n) is 9.09. The molecule has 0 aliphatic carbocycles. The van der Waals surface area contributed by atoms with Crippen LogP contribution in [0.3, 0.4) is 0 Å². The van der Waals surface area contributed by atoms with E-state index in [1.807, 2.05) is 36.4 Å². The smallest absolute Gasteiger partial charge is 0.342 e. The molecule has 1 N–H and O–H groups in total. The van der Waals surface area contributed by atoms with Gasteiger partial charge in [0.1, 0.15) is 18.4 Å². The van der Waals surface area contributed by atoms with E-state index in [9.17, 15) is 9.59 Å². The minimum atomic E-state index is -0.819. The van der Waals surface area contributed by atoms with Gasteiger partial charge >= 0.3 is 6.03 Å². The minimum Gasteiger partial charge on any atom is -0.489 e. The Balaban J connectivity index is 1.45. The lowest BCUT2D eigenvalue weighted by atomic mass is 10.1. The Morgan fingerprint density at radius 1 is 1.24 bits per heavy atom. The molecule has 1 aliphatic rings. The minimum absolute atomic E-state index is 0.0433. The van der Waals surface area contributed by atoms with Crippen LogP contribution in [0.15, 0.2) is 65.4 Å². The molecule has 2 amide bonds. The summed E-state index contributed by atoms with van der Waals surface area (Å²) < 4.78 is 7.80. The fraction of sp³-hybridized carbons (Fsp3) is 0.190. The predicted molar refractivity (Wildman–Crippen MR) is 112 cm³/mol. The molecule has 4 rings (SSSR count). The normalized spacial score (nSPS) is 16.0. The average Bonchev–Trinajstić information content (AvgIpc) is 3.16. The standard InChI is InChI=1S/C21H19BrN4O3/c1-25-18-10-16(22)7-8-19(18)29-13-17(20(25)27)24-21(28)26-12-15(11-23-26)9-14-5-3-2-4-6-14/h2-8,10-12,17H,9,13H2,1H3,(H,24,28). The fourth-order valence-corrected chi connectivity index (χ4v) is 3.53. The van der Waals surface area contributed by atoms with Crippen molar-refractivity contribution in [3.8, 4) is 5.75 Å². The second kappa shape index (κ2) is 8.08. The van der Waals surface area contributed by atoms with Crippen LogP contribution in [0, 0.1) is 0 Å². The molecule has 0 fully saturated rings. The molecule has 8 heteroatoms. The fourth-order valence-electron chi connectivity index (χ4n) is 3.18. The maximum absolute atomic E-state index is 12.8. The Morgan fingerprint density at radius 3 is 2.83 bits per heavy atom. The average molecular weight is 455 g/mol. The van der Waals surface area contributed by atoms with Gasteiger partial charge in [-0.15, -0.1) is 0 Å². The summed E-state index contributed by atoms with van der Waals surface area (Å²) in [4.78, 5) is 26.9. The van der Waals surface area contributed by atoms with Crippen LogP contribution in [0.4, 0.5) is 10.5 Å². The van der Waals surface area contributed by atoms with Crippen LogP contribution in [0.5, 0.6) is 5.75 Å². The van der Waals surface area contributed by atoms with E-state index >= 15 is 0 Å². The van der Waals surface area contributed by atoms with Gasteiger partial charge < -0.3 is 15.0 Å². The van der Waals surface area contributed by atoms with E-state index in [-0.39, 0.29) is 12.5 Å². The number of amides is 2. The van der Waals surface area contributed by atoms with Gasteiger partial charge in [-0.2, -0.15) is 9.78 Å². The molecule has 7 nitrogen and oxygen atoms in total. The van der Waals surface area contributed by atoms with Crippen molar-refractivity contribution in [3.05, 3.63) is 76.5 Å². The van der Waals surface area contributed by atoms with Crippen LogP contribution < -0.4 is 15.0 Å². The molecule has 29 heavy (non-hydrogen) atoms. The molecule has 0 radical (unpaired) electrons. The summed E-state index contributed by atoms with van der Waals surface area (Å²) in [6.45, 7) is 0.0433. The van der Waals surface area contributed by atoms with Crippen molar-refractivity contribution in [1.82, 2.24) is 15.1 Å². The lowest BCUT2D eigenvalue weighted by molar-refractivity contribution is -0.120. The van der Waals surface area contributed by atoms with Gasteiger partial charge in [-0.25, -0.2) is 4.79 Å². The van der Waals surface area contributed by atoms with Crippen LogP contribution in [0.2, 0.25) is 0 Å². The quantitative estimate of drug-likeness (QED) is 0.658. The van der Waals surface area contributed by atoms with Crippen LogP contribution in [0.1, 0.15) is 11.1 Å². The molecular weight excluding hydrogens is 436 g/mol. The summed E-state index contributed by atoms with van der Waals surface area (Å²) in [6, 6.07) is 14.1. The third-order valence-electron chi connectivity index (χ3n) is 4.71. The zero-order valence-electron chi connectivity index (χ0n) is 15.7. The molecule has 148 valence electrons. The Labute approximate surface area is 176 Å². The van der Waals surface area contributed by atoms with Gasteiger partial charge in [0.25, 0.3) is 5.91 Å². The second-order valence-electron chi connectivity index (χ2n) is 6.78. The summed E-state index contributed by atoms with van der Waals surface area (Å²) in [6.07, 6.45) is 3.99. The molecule has 2 aromatic carbocycles. The lowest BCUT2D eigenvalue weighted by Gasteiger charge is -2.20. The third-order valence-corrected chi connectivity index (χ3v) is 5.20. The summed E-state index contributed by atoms with van der Waals surface area (Å²) >= 11 is 3.40. The molecule has 0 saturated carbocycles. The SMILES string of the molecule is CN1C(=O)C(NC(=O)n2cc(Cc3ccccc3)cn2)COc2ccc(Br)cc21. The number of carbonyl (C=O) groups is 2. The van der Waals surface area contributed by atoms with Gasteiger partial charge in [0.15, 0.2) is 0 Å². The van der Waals surface area contributed by atoms with Crippen LogP contribution in [-0.2, 0) is 11.2 Å². The molecule has 0 saturated heterocycles. The number of aromatic nitrogens is 2. The van der Waals surface area contributed by atoms with E-state index in [1.165, 1.54) is 9.58 Å². The van der Waals surface area contributed by atoms with Gasteiger partial charge in [0, 0.05) is 24.1 Å². The van der Waals surface area contributed by atoms with E-state index in [1.54, 1.807) is 31.6 Å². The number of anilines is 1. The maximum Gasteiger partial charge on any atom is 0.342 e. The number of likely N-dealkylation sites (N-methyl/N-ethyl adjacent to an activating group) is 1. The van der Waals surface area contributed by atoms with Gasteiger partial charge in [0.05, 0.1) is 11.9 Å². The second-order valence-corrected chi connectivity index (χ2v) is 7.69. The zero-order chi connectivity index (χ0) is 20.4. The van der Waals surface area contributed by atoms with Crippen molar-refractivity contribution in [1.29, 1.82) is 0 Å². The summed E-state index contributed by atoms with van der Waals surface area (Å²) in [5, 5.41) is 6.84. The van der Waals surface area contributed by atoms with E-state index in [4.69, 9.17) is 4.74 Å². The van der Waals surface area contributed by atoms with E-state index in [0.717, 1.165) is 15.6 Å². The largest absolute Gasteiger partial charge is 0.489 e. The summed E-state index contributed by atoms with van der Waals surface area (Å²) in [5.74, 6) is 0.330. The number of benzene rings is 2. The number of nitrogens with zero attached hydrogens (tertiary/aromatic N) is 3. The highest BCUT2D eigenvalue weighted by molar-refractivity contribution is 9.10. The zero-order valence-corrected chi connectivity index (χ0v) is 17.3. The monoisotopic (exact) mass is 454 g/mol. The Morgan fingerprint density at radius 2 is 2.03 bits per heavy atom. The van der Waals surface area contributed by atoms with E-state index < -0.39 is 12.1 Å². The molecule has 1 aromatic heterocycles. The molecular formula is C21H19BrN4O3. The number of hydrogen-bond donors (Lipinski definition) is 1. The number of carbonyl (C=O) groups excluding carboxylic acids is 2. The van der Waals surface area contributed by atoms with Gasteiger partial charge in [-0.3, -0.25) is 4.79 Å². The van der Waals surface area contributed by atoms with Gasteiger partial charge in [-0.1, -0.05) is 46.3 Å². The van der Waals surface area contributed by atoms with Crippen molar-refractivity contribution in [2.75, 3.05) is 18.6 Å². The highest BCUT2D eigenvalue weighted by Gasteiger charge is 2.31. The van der Waals surface area contributed by atoms with Crippen molar-refractivity contribution in [2.45, 2.75) is 12.5 Å². The number of nitrogens with one attached hydrogen (secondary N) is 1. The van der Waals surface area contributed by atoms with E-state index in [0.29, 0.717) is 17.9 Å². The highest BCUT2D eigenvalue weighted by atomic mass is 79.9. The topological polar surface area (TPSA) is 76.5 Å². The van der Waals surface area contributed by atoms with Crippen LogP contribution in [0.25, 0.3) is 0 Å². The number of fused-ring (bicyclic) bond motifs is 1. The molecule has 1 aliphatic heterocycles. The Bertz CT molecular complexity index is 1050. The van der Waals surface area contributed by atoms with E-state index in [2.05, 4.69) is 26.3 Å². The highest BCUT2D eigenvalue weighted by Crippen LogP contribution is 2.33. The number of halogens is 1. The number of hydrogen-bond acceptors (Lipinski definition) is 4. The number of ether oxygens (including phenoxy) is 1. The Kier molecular flexibility index (Phi) is 5.35. The van der Waals surface area contributed by atoms with Gasteiger partial charge in [0.2, 0.25) is 0 Å². The first-order valence-corrected chi connectivity index (χ1v) is 9.89. The van der Waals surface area contributed by atoms with Crippen molar-refractivity contribution in [3.63, 3.8) is 0 Å². The first-order chi connectivity index (χ1) is 14.0. The summed E-state index contributed by atoms with van der Waals surface area (Å²) in [7, 11) is 1.66. The Hall–Kier alpha value is -3.13. The molecule has 2 heterocycles. The molecule has 1 atom stereocenters. The molecule has 0 spiro atoms. The van der Waals surface area contributed by atoms with Gasteiger partial charge in [-0.05, 0) is 29.3 Å². The maximum atomic E-state index is 12.8. The van der Waals surface area contributed by atoms with Crippen molar-refractivity contribution >= 4 is 33.6 Å².